The van der Waals surface area contributed by atoms with E-state index in [1.807, 2.05) is 60.7 Å². The Labute approximate surface area is 200 Å². The van der Waals surface area contributed by atoms with Crippen LogP contribution in [0, 0.1) is 0 Å². The Morgan fingerprint density at radius 1 is 0.743 bits per heavy atom. The van der Waals surface area contributed by atoms with Gasteiger partial charge in [0.25, 0.3) is 0 Å². The third-order valence-electron chi connectivity index (χ3n) is 5.83. The van der Waals surface area contributed by atoms with E-state index in [-0.39, 0.29) is 5.75 Å². The summed E-state index contributed by atoms with van der Waals surface area (Å²) in [6.45, 7) is 0. The molecule has 5 rings (SSSR count). The van der Waals surface area contributed by atoms with Gasteiger partial charge >= 0.3 is 6.36 Å². The molecule has 0 aliphatic heterocycles. The first kappa shape index (κ1) is 22.5. The molecule has 0 unspecified atom stereocenters. The summed E-state index contributed by atoms with van der Waals surface area (Å²) in [6, 6.07) is 27.8. The van der Waals surface area contributed by atoms with E-state index in [0.717, 1.165) is 38.6 Å². The first-order chi connectivity index (χ1) is 16.8. The second kappa shape index (κ2) is 8.83. The average Bonchev–Trinajstić information content (AvgIpc) is 2.85. The minimum atomic E-state index is -4.80. The monoisotopic (exact) mass is 474 g/mol. The van der Waals surface area contributed by atoms with Gasteiger partial charge in [0.2, 0.25) is 0 Å². The van der Waals surface area contributed by atoms with Crippen molar-refractivity contribution in [3.63, 3.8) is 0 Å². The van der Waals surface area contributed by atoms with Crippen LogP contribution in [0.3, 0.4) is 0 Å². The molecule has 4 aromatic carbocycles. The third-order valence-corrected chi connectivity index (χ3v) is 5.83. The molecule has 5 aromatic rings. The van der Waals surface area contributed by atoms with Gasteiger partial charge in [-0.15, -0.1) is 13.2 Å². The van der Waals surface area contributed by atoms with Gasteiger partial charge in [-0.1, -0.05) is 48.5 Å². The standard InChI is InChI=1S/C28H21F3N2O2/c1-33(26-16-21(35-28(29,30)31)12-13-27(26)34-2)25-17-24-20(14-19-10-6-7-11-23(19)32-24)15-22(25)18-8-4-3-5-9-18/h3-17H,1-2H3. The van der Waals surface area contributed by atoms with Gasteiger partial charge in [-0.05, 0) is 42.0 Å². The summed E-state index contributed by atoms with van der Waals surface area (Å²) >= 11 is 0. The van der Waals surface area contributed by atoms with Crippen LogP contribution in [0.2, 0.25) is 0 Å². The van der Waals surface area contributed by atoms with Crippen LogP contribution in [-0.2, 0) is 0 Å². The molecule has 4 nitrogen and oxygen atoms in total. The lowest BCUT2D eigenvalue weighted by Crippen LogP contribution is -2.18. The van der Waals surface area contributed by atoms with Crippen LogP contribution in [0.5, 0.6) is 11.5 Å². The molecule has 35 heavy (non-hydrogen) atoms. The van der Waals surface area contributed by atoms with E-state index in [2.05, 4.69) is 16.9 Å². The third kappa shape index (κ3) is 4.57. The summed E-state index contributed by atoms with van der Waals surface area (Å²) in [5.74, 6) is 0.0823. The number of aromatic nitrogens is 1. The second-order valence-electron chi connectivity index (χ2n) is 8.05. The average molecular weight is 474 g/mol. The minimum absolute atomic E-state index is 0.327. The van der Waals surface area contributed by atoms with E-state index in [4.69, 9.17) is 9.72 Å². The van der Waals surface area contributed by atoms with Crippen LogP contribution in [-0.4, -0.2) is 25.5 Å². The molecule has 0 saturated heterocycles. The fraction of sp³-hybridized carbons (Fsp3) is 0.107. The maximum atomic E-state index is 12.9. The molecule has 0 amide bonds. The number of methoxy groups -OCH3 is 1. The van der Waals surface area contributed by atoms with E-state index in [1.165, 1.54) is 25.3 Å². The van der Waals surface area contributed by atoms with Crippen molar-refractivity contribution < 1.29 is 22.6 Å². The predicted octanol–water partition coefficient (Wildman–Crippen LogP) is 7.73. The van der Waals surface area contributed by atoms with Gasteiger partial charge in [-0.25, -0.2) is 4.98 Å². The van der Waals surface area contributed by atoms with Crippen molar-refractivity contribution in [2.24, 2.45) is 0 Å². The van der Waals surface area contributed by atoms with Crippen molar-refractivity contribution in [2.75, 3.05) is 19.1 Å². The molecular weight excluding hydrogens is 453 g/mol. The molecule has 0 spiro atoms. The molecule has 0 aliphatic rings. The molecule has 0 aliphatic carbocycles. The maximum absolute atomic E-state index is 12.9. The van der Waals surface area contributed by atoms with Gasteiger partial charge in [0.05, 0.1) is 29.5 Å². The first-order valence-electron chi connectivity index (χ1n) is 10.9. The van der Waals surface area contributed by atoms with Crippen molar-refractivity contribution in [1.82, 2.24) is 4.98 Å². The molecule has 1 heterocycles. The summed E-state index contributed by atoms with van der Waals surface area (Å²) in [6.07, 6.45) is -4.80. The number of fused-ring (bicyclic) bond motifs is 2. The smallest absolute Gasteiger partial charge is 0.495 e. The van der Waals surface area contributed by atoms with Gasteiger partial charge in [-0.2, -0.15) is 0 Å². The number of hydrogen-bond acceptors (Lipinski definition) is 4. The Kier molecular flexibility index (Phi) is 5.68. The van der Waals surface area contributed by atoms with Crippen LogP contribution in [0.4, 0.5) is 24.5 Å². The normalized spacial score (nSPS) is 11.6. The number of nitrogens with zero attached hydrogens (tertiary/aromatic N) is 2. The van der Waals surface area contributed by atoms with Gasteiger partial charge in [0.1, 0.15) is 11.5 Å². The zero-order valence-electron chi connectivity index (χ0n) is 19.0. The van der Waals surface area contributed by atoms with E-state index in [1.54, 1.807) is 11.9 Å². The van der Waals surface area contributed by atoms with Gasteiger partial charge in [-0.3, -0.25) is 0 Å². The summed E-state index contributed by atoms with van der Waals surface area (Å²) in [4.78, 5) is 6.62. The SMILES string of the molecule is COc1ccc(OC(F)(F)F)cc1N(C)c1cc2nc3ccccc3cc2cc1-c1ccccc1. The van der Waals surface area contributed by atoms with Crippen molar-refractivity contribution >= 4 is 33.2 Å². The number of ether oxygens (including phenoxy) is 2. The number of para-hydroxylation sites is 1. The summed E-state index contributed by atoms with van der Waals surface area (Å²) in [5, 5.41) is 1.99. The molecule has 7 heteroatoms. The fourth-order valence-corrected chi connectivity index (χ4v) is 4.20. The lowest BCUT2D eigenvalue weighted by atomic mass is 9.99. The number of alkyl halides is 3. The Hall–Kier alpha value is -4.26. The molecule has 0 radical (unpaired) electrons. The highest BCUT2D eigenvalue weighted by Crippen LogP contribution is 2.42. The molecule has 0 fully saturated rings. The zero-order chi connectivity index (χ0) is 24.6. The van der Waals surface area contributed by atoms with Crippen LogP contribution in [0.25, 0.3) is 32.9 Å². The summed E-state index contributed by atoms with van der Waals surface area (Å²) in [5.41, 5.74) is 4.68. The van der Waals surface area contributed by atoms with E-state index in [0.29, 0.717) is 11.4 Å². The highest BCUT2D eigenvalue weighted by atomic mass is 19.4. The second-order valence-corrected chi connectivity index (χ2v) is 8.05. The zero-order valence-corrected chi connectivity index (χ0v) is 19.0. The number of pyridine rings is 1. The Bertz CT molecular complexity index is 1520. The topological polar surface area (TPSA) is 34.6 Å². The highest BCUT2D eigenvalue weighted by molar-refractivity contribution is 5.99. The van der Waals surface area contributed by atoms with Crippen LogP contribution in [0.1, 0.15) is 0 Å². The number of anilines is 2. The minimum Gasteiger partial charge on any atom is -0.495 e. The van der Waals surface area contributed by atoms with Crippen molar-refractivity contribution in [1.29, 1.82) is 0 Å². The number of hydrogen-bond donors (Lipinski definition) is 0. The Morgan fingerprint density at radius 3 is 2.23 bits per heavy atom. The quantitative estimate of drug-likeness (QED) is 0.244. The molecular formula is C28H21F3N2O2. The summed E-state index contributed by atoms with van der Waals surface area (Å²) < 4.78 is 48.3. The molecule has 1 aromatic heterocycles. The van der Waals surface area contributed by atoms with E-state index < -0.39 is 6.36 Å². The Balaban J connectivity index is 1.72. The lowest BCUT2D eigenvalue weighted by molar-refractivity contribution is -0.274. The number of benzene rings is 4. The molecule has 176 valence electrons. The van der Waals surface area contributed by atoms with E-state index >= 15 is 0 Å². The molecule has 0 saturated carbocycles. The van der Waals surface area contributed by atoms with Crippen LogP contribution < -0.4 is 14.4 Å². The highest BCUT2D eigenvalue weighted by Gasteiger charge is 2.31. The van der Waals surface area contributed by atoms with Crippen molar-refractivity contribution in [3.05, 3.63) is 91.0 Å². The van der Waals surface area contributed by atoms with Gasteiger partial charge < -0.3 is 14.4 Å². The van der Waals surface area contributed by atoms with E-state index in [9.17, 15) is 13.2 Å². The molecule has 0 bridgehead atoms. The van der Waals surface area contributed by atoms with Crippen LogP contribution >= 0.6 is 0 Å². The predicted molar refractivity (Wildman–Crippen MR) is 132 cm³/mol. The Morgan fingerprint density at radius 2 is 1.49 bits per heavy atom. The summed E-state index contributed by atoms with van der Waals surface area (Å²) in [7, 11) is 3.26. The van der Waals surface area contributed by atoms with Gasteiger partial charge in [0.15, 0.2) is 0 Å². The fourth-order valence-electron chi connectivity index (χ4n) is 4.20. The maximum Gasteiger partial charge on any atom is 0.573 e. The van der Waals surface area contributed by atoms with Gasteiger partial charge in [0, 0.05) is 29.4 Å². The first-order valence-corrected chi connectivity index (χ1v) is 10.9. The molecule has 0 N–H and O–H groups in total. The molecule has 0 atom stereocenters. The largest absolute Gasteiger partial charge is 0.573 e. The number of rotatable bonds is 5. The van der Waals surface area contributed by atoms with Crippen molar-refractivity contribution in [3.8, 4) is 22.6 Å². The van der Waals surface area contributed by atoms with Crippen LogP contribution in [0.15, 0.2) is 91.0 Å². The number of halogens is 3. The van der Waals surface area contributed by atoms with Crippen molar-refractivity contribution in [2.45, 2.75) is 6.36 Å². The lowest BCUT2D eigenvalue weighted by Gasteiger charge is -2.26.